The molecule has 0 unspecified atom stereocenters. The molecule has 3 rings (SSSR count). The highest BCUT2D eigenvalue weighted by Crippen LogP contribution is 2.30. The quantitative estimate of drug-likeness (QED) is 0.424. The molecule has 0 bridgehead atoms. The van der Waals surface area contributed by atoms with Gasteiger partial charge >= 0.3 is 0 Å². The number of thioether (sulfide) groups is 1. The summed E-state index contributed by atoms with van der Waals surface area (Å²) >= 11 is 1.47. The highest BCUT2D eigenvalue weighted by molar-refractivity contribution is 8.06. The lowest BCUT2D eigenvalue weighted by Crippen LogP contribution is -2.37. The van der Waals surface area contributed by atoms with Crippen molar-refractivity contribution in [3.05, 3.63) is 22.0 Å². The summed E-state index contributed by atoms with van der Waals surface area (Å²) in [5.74, 6) is 1.40. The smallest absolute Gasteiger partial charge is 0.230 e. The molecule has 10 heteroatoms. The Bertz CT molecular complexity index is 816. The van der Waals surface area contributed by atoms with Crippen molar-refractivity contribution in [2.75, 3.05) is 56.3 Å². The average molecular weight is 432 g/mol. The maximum atomic E-state index is 9.78. The van der Waals surface area contributed by atoms with Crippen LogP contribution < -0.4 is 15.5 Å². The minimum atomic E-state index is 0.369. The van der Waals surface area contributed by atoms with Crippen LogP contribution in [0, 0.1) is 11.3 Å². The largest absolute Gasteiger partial charge is 0.381 e. The molecule has 1 saturated heterocycles. The Balaban J connectivity index is 1.75. The number of hydrogen-bond acceptors (Lipinski definition) is 10. The van der Waals surface area contributed by atoms with Crippen LogP contribution in [0.5, 0.6) is 0 Å². The first-order chi connectivity index (χ1) is 14.7. The summed E-state index contributed by atoms with van der Waals surface area (Å²) in [5.41, 5.74) is 1.41. The Kier molecular flexibility index (Phi) is 8.74. The van der Waals surface area contributed by atoms with Crippen molar-refractivity contribution in [2.24, 2.45) is 0 Å². The van der Waals surface area contributed by atoms with Crippen molar-refractivity contribution in [3.63, 3.8) is 0 Å². The predicted octanol–water partition coefficient (Wildman–Crippen LogP) is 2.72. The number of nitrogens with zero attached hydrogens (tertiary/aromatic N) is 5. The summed E-state index contributed by atoms with van der Waals surface area (Å²) in [4.78, 5) is 15.8. The van der Waals surface area contributed by atoms with Crippen LogP contribution in [0.1, 0.15) is 38.9 Å². The summed E-state index contributed by atoms with van der Waals surface area (Å²) in [5, 5.41) is 19.0. The molecule has 0 radical (unpaired) electrons. The Labute approximate surface area is 182 Å². The minimum absolute atomic E-state index is 0.369. The highest BCUT2D eigenvalue weighted by Gasteiger charge is 2.21. The number of allylic oxidation sites excluding steroid dienone is 2. The number of morpholine rings is 1. The van der Waals surface area contributed by atoms with Crippen molar-refractivity contribution in [2.45, 2.75) is 33.1 Å². The summed E-state index contributed by atoms with van der Waals surface area (Å²) in [7, 11) is 0. The molecule has 2 aliphatic heterocycles. The number of anilines is 2. The SMILES string of the molecule is CCCCOCCCNc1nc(C(C#N)=C2NC(C)=CS2)nc(N2CCOCC2)n1. The van der Waals surface area contributed by atoms with Crippen molar-refractivity contribution in [3.8, 4) is 6.07 Å². The fourth-order valence-corrected chi connectivity index (χ4v) is 3.72. The van der Waals surface area contributed by atoms with Gasteiger partial charge in [-0.3, -0.25) is 0 Å². The summed E-state index contributed by atoms with van der Waals surface area (Å²) in [6.07, 6.45) is 3.07. The van der Waals surface area contributed by atoms with Gasteiger partial charge in [0.25, 0.3) is 0 Å². The van der Waals surface area contributed by atoms with Gasteiger partial charge in [0.2, 0.25) is 11.9 Å². The lowest BCUT2D eigenvalue weighted by atomic mass is 10.3. The van der Waals surface area contributed by atoms with Crippen molar-refractivity contribution < 1.29 is 9.47 Å². The molecular formula is C20H29N7O2S. The minimum Gasteiger partial charge on any atom is -0.381 e. The molecule has 30 heavy (non-hydrogen) atoms. The van der Waals surface area contributed by atoms with E-state index in [-0.39, 0.29) is 0 Å². The third-order valence-corrected chi connectivity index (χ3v) is 5.55. The lowest BCUT2D eigenvalue weighted by molar-refractivity contribution is 0.122. The molecule has 1 aromatic heterocycles. The second-order valence-electron chi connectivity index (χ2n) is 6.99. The molecule has 0 saturated carbocycles. The van der Waals surface area contributed by atoms with Gasteiger partial charge in [0.1, 0.15) is 11.6 Å². The highest BCUT2D eigenvalue weighted by atomic mass is 32.2. The van der Waals surface area contributed by atoms with Gasteiger partial charge in [-0.05, 0) is 25.2 Å². The van der Waals surface area contributed by atoms with Crippen LogP contribution in [-0.2, 0) is 9.47 Å². The predicted molar refractivity (Wildman–Crippen MR) is 119 cm³/mol. The van der Waals surface area contributed by atoms with E-state index in [9.17, 15) is 5.26 Å². The molecule has 0 spiro atoms. The molecule has 0 atom stereocenters. The zero-order chi connectivity index (χ0) is 21.2. The zero-order valence-corrected chi connectivity index (χ0v) is 18.4. The second-order valence-corrected chi connectivity index (χ2v) is 7.87. The van der Waals surface area contributed by atoms with Crippen LogP contribution in [0.4, 0.5) is 11.9 Å². The van der Waals surface area contributed by atoms with Crippen LogP contribution in [0.15, 0.2) is 16.1 Å². The molecule has 0 aliphatic carbocycles. The number of nitriles is 1. The van der Waals surface area contributed by atoms with Crippen molar-refractivity contribution in [1.82, 2.24) is 20.3 Å². The maximum Gasteiger partial charge on any atom is 0.230 e. The third-order valence-electron chi connectivity index (χ3n) is 4.54. The number of hydrogen-bond donors (Lipinski definition) is 2. The van der Waals surface area contributed by atoms with Crippen molar-refractivity contribution in [1.29, 1.82) is 5.26 Å². The Morgan fingerprint density at radius 1 is 1.30 bits per heavy atom. The fourth-order valence-electron chi connectivity index (χ4n) is 2.89. The molecule has 1 fully saturated rings. The Morgan fingerprint density at radius 2 is 2.10 bits per heavy atom. The van der Waals surface area contributed by atoms with E-state index in [2.05, 4.69) is 43.5 Å². The monoisotopic (exact) mass is 431 g/mol. The van der Waals surface area contributed by atoms with Crippen LogP contribution in [0.3, 0.4) is 0 Å². The summed E-state index contributed by atoms with van der Waals surface area (Å²) in [6, 6.07) is 2.25. The molecule has 0 amide bonds. The lowest BCUT2D eigenvalue weighted by Gasteiger charge is -2.27. The molecular weight excluding hydrogens is 402 g/mol. The standard InChI is InChI=1S/C20H29N7O2S/c1-3-4-9-28-10-5-6-22-19-24-17(16(13-21)18-23-15(2)14-30-18)25-20(26-19)27-7-11-29-12-8-27/h14,23H,3-12H2,1-2H3,(H,22,24,25,26). The molecule has 3 heterocycles. The van der Waals surface area contributed by atoms with E-state index in [0.29, 0.717) is 62.7 Å². The van der Waals surface area contributed by atoms with Gasteiger partial charge in [-0.1, -0.05) is 25.1 Å². The topological polar surface area (TPSA) is 108 Å². The van der Waals surface area contributed by atoms with Gasteiger partial charge in [-0.2, -0.15) is 20.2 Å². The van der Waals surface area contributed by atoms with E-state index in [1.54, 1.807) is 0 Å². The zero-order valence-electron chi connectivity index (χ0n) is 17.6. The van der Waals surface area contributed by atoms with E-state index in [1.165, 1.54) is 11.8 Å². The number of aromatic nitrogens is 3. The van der Waals surface area contributed by atoms with Gasteiger partial charge in [0, 0.05) is 38.5 Å². The first kappa shape index (κ1) is 22.3. The molecule has 0 aromatic carbocycles. The summed E-state index contributed by atoms with van der Waals surface area (Å²) < 4.78 is 11.0. The van der Waals surface area contributed by atoms with E-state index >= 15 is 0 Å². The van der Waals surface area contributed by atoms with E-state index in [0.717, 1.165) is 36.6 Å². The number of nitrogens with one attached hydrogen (secondary N) is 2. The molecule has 1 aromatic rings. The summed E-state index contributed by atoms with van der Waals surface area (Å²) in [6.45, 7) is 8.96. The molecule has 9 nitrogen and oxygen atoms in total. The van der Waals surface area contributed by atoms with Gasteiger partial charge < -0.3 is 25.0 Å². The fraction of sp³-hybridized carbons (Fsp3) is 0.600. The van der Waals surface area contributed by atoms with Gasteiger partial charge in [-0.25, -0.2) is 0 Å². The van der Waals surface area contributed by atoms with Gasteiger partial charge in [0.15, 0.2) is 5.82 Å². The van der Waals surface area contributed by atoms with Crippen LogP contribution >= 0.6 is 11.8 Å². The van der Waals surface area contributed by atoms with Crippen molar-refractivity contribution >= 4 is 29.2 Å². The van der Waals surface area contributed by atoms with E-state index in [4.69, 9.17) is 9.47 Å². The molecule has 2 aliphatic rings. The van der Waals surface area contributed by atoms with E-state index in [1.807, 2.05) is 12.3 Å². The molecule has 2 N–H and O–H groups in total. The van der Waals surface area contributed by atoms with Gasteiger partial charge in [-0.15, -0.1) is 0 Å². The third kappa shape index (κ3) is 6.32. The second kappa shape index (κ2) is 11.7. The number of rotatable bonds is 10. The first-order valence-corrected chi connectivity index (χ1v) is 11.2. The average Bonchev–Trinajstić information content (AvgIpc) is 3.20. The van der Waals surface area contributed by atoms with Gasteiger partial charge in [0.05, 0.1) is 18.2 Å². The maximum absolute atomic E-state index is 9.78. The van der Waals surface area contributed by atoms with Crippen LogP contribution in [-0.4, -0.2) is 61.0 Å². The number of unbranched alkanes of at least 4 members (excludes halogenated alkanes) is 1. The molecule has 162 valence electrons. The number of ether oxygens (including phenoxy) is 2. The van der Waals surface area contributed by atoms with Crippen LogP contribution in [0.25, 0.3) is 5.57 Å². The normalized spacial score (nSPS) is 17.9. The van der Waals surface area contributed by atoms with Crippen LogP contribution in [0.2, 0.25) is 0 Å². The Hall–Kier alpha value is -2.35. The first-order valence-electron chi connectivity index (χ1n) is 10.4. The van der Waals surface area contributed by atoms with E-state index < -0.39 is 0 Å². The Morgan fingerprint density at radius 3 is 2.80 bits per heavy atom.